The highest BCUT2D eigenvalue weighted by Crippen LogP contribution is 2.30. The number of anilines is 1. The summed E-state index contributed by atoms with van der Waals surface area (Å²) in [5.41, 5.74) is 5.67. The van der Waals surface area contributed by atoms with E-state index in [1.165, 1.54) is 23.5 Å². The van der Waals surface area contributed by atoms with Gasteiger partial charge in [0.25, 0.3) is 0 Å². The molecule has 0 atom stereocenters. The Morgan fingerprint density at radius 3 is 2.40 bits per heavy atom. The van der Waals surface area contributed by atoms with Crippen molar-refractivity contribution in [1.82, 2.24) is 9.21 Å². The van der Waals surface area contributed by atoms with Gasteiger partial charge in [0, 0.05) is 19.0 Å². The quantitative estimate of drug-likeness (QED) is 0.655. The van der Waals surface area contributed by atoms with Crippen molar-refractivity contribution in [3.63, 3.8) is 0 Å². The molecule has 10 heteroatoms. The number of nitrogens with zero attached hydrogens (tertiary/aromatic N) is 2. The summed E-state index contributed by atoms with van der Waals surface area (Å²) in [5, 5.41) is 2.78. The van der Waals surface area contributed by atoms with E-state index in [1.54, 1.807) is 6.07 Å². The van der Waals surface area contributed by atoms with E-state index >= 15 is 0 Å². The Hall–Kier alpha value is -2.17. The Kier molecular flexibility index (Phi) is 7.32. The lowest BCUT2D eigenvalue weighted by Crippen LogP contribution is -2.42. The molecule has 2 aliphatic heterocycles. The maximum atomic E-state index is 13.0. The van der Waals surface area contributed by atoms with Crippen molar-refractivity contribution < 1.29 is 22.7 Å². The summed E-state index contributed by atoms with van der Waals surface area (Å²) < 4.78 is 32.7. The minimum absolute atomic E-state index is 0.138. The highest BCUT2D eigenvalue weighted by Gasteiger charge is 2.28. The van der Waals surface area contributed by atoms with Gasteiger partial charge in [0.2, 0.25) is 21.8 Å². The monoisotopic (exact) mass is 438 g/mol. The number of nitrogens with one attached hydrogen (secondary N) is 1. The van der Waals surface area contributed by atoms with Crippen LogP contribution in [-0.2, 0) is 19.6 Å². The van der Waals surface area contributed by atoms with Gasteiger partial charge in [-0.2, -0.15) is 4.31 Å². The molecule has 166 valence electrons. The Balaban J connectivity index is 1.68. The van der Waals surface area contributed by atoms with E-state index in [2.05, 4.69) is 5.32 Å². The topological polar surface area (TPSA) is 122 Å². The number of carbonyl (C=O) groups excluding carboxylic acids is 2. The Bertz CT molecular complexity index is 875. The molecule has 9 nitrogen and oxygen atoms in total. The van der Waals surface area contributed by atoms with Crippen LogP contribution < -0.4 is 15.8 Å². The molecule has 2 amide bonds. The number of rotatable bonds is 7. The van der Waals surface area contributed by atoms with Crippen LogP contribution in [0, 0.1) is 5.92 Å². The molecule has 0 saturated carbocycles. The number of carbonyl (C=O) groups is 2. The van der Waals surface area contributed by atoms with Gasteiger partial charge in [-0.3, -0.25) is 14.5 Å². The first-order valence-corrected chi connectivity index (χ1v) is 11.7. The molecule has 0 unspecified atom stereocenters. The predicted molar refractivity (Wildman–Crippen MR) is 113 cm³/mol. The van der Waals surface area contributed by atoms with Gasteiger partial charge in [-0.05, 0) is 57.0 Å². The molecule has 1 aromatic rings. The smallest absolute Gasteiger partial charge is 0.243 e. The maximum Gasteiger partial charge on any atom is 0.243 e. The van der Waals surface area contributed by atoms with Crippen molar-refractivity contribution in [3.8, 4) is 5.75 Å². The van der Waals surface area contributed by atoms with Gasteiger partial charge >= 0.3 is 0 Å². The normalized spacial score (nSPS) is 19.4. The van der Waals surface area contributed by atoms with Crippen LogP contribution in [0.5, 0.6) is 5.75 Å². The first-order valence-electron chi connectivity index (χ1n) is 10.3. The summed E-state index contributed by atoms with van der Waals surface area (Å²) in [5.74, 6) is -0.302. The number of benzene rings is 1. The van der Waals surface area contributed by atoms with E-state index in [-0.39, 0.29) is 29.2 Å². The van der Waals surface area contributed by atoms with Crippen molar-refractivity contribution in [2.45, 2.75) is 37.0 Å². The summed E-state index contributed by atoms with van der Waals surface area (Å²) >= 11 is 0. The first-order chi connectivity index (χ1) is 14.3. The molecular formula is C20H30N4O5S. The number of primary amides is 1. The molecule has 0 spiro atoms. The Morgan fingerprint density at radius 1 is 1.13 bits per heavy atom. The largest absolute Gasteiger partial charge is 0.495 e. The molecule has 0 radical (unpaired) electrons. The lowest BCUT2D eigenvalue weighted by molar-refractivity contribution is -0.123. The van der Waals surface area contributed by atoms with Crippen LogP contribution >= 0.6 is 0 Å². The number of piperidine rings is 2. The summed E-state index contributed by atoms with van der Waals surface area (Å²) in [4.78, 5) is 25.9. The second-order valence-electron chi connectivity index (χ2n) is 7.83. The Morgan fingerprint density at radius 2 is 1.80 bits per heavy atom. The second-order valence-corrected chi connectivity index (χ2v) is 9.77. The predicted octanol–water partition coefficient (Wildman–Crippen LogP) is 1.01. The number of hydrogen-bond acceptors (Lipinski definition) is 6. The molecule has 2 heterocycles. The van der Waals surface area contributed by atoms with Crippen molar-refractivity contribution in [2.75, 3.05) is 45.2 Å². The van der Waals surface area contributed by atoms with Crippen molar-refractivity contribution in [2.24, 2.45) is 11.7 Å². The summed E-state index contributed by atoms with van der Waals surface area (Å²) in [7, 11) is -2.14. The number of likely N-dealkylation sites (tertiary alicyclic amines) is 1. The highest BCUT2D eigenvalue weighted by atomic mass is 32.2. The summed E-state index contributed by atoms with van der Waals surface area (Å²) in [6.07, 6.45) is 4.01. The molecule has 0 aliphatic carbocycles. The van der Waals surface area contributed by atoms with Gasteiger partial charge in [-0.25, -0.2) is 8.42 Å². The fourth-order valence-electron chi connectivity index (χ4n) is 3.97. The van der Waals surface area contributed by atoms with Crippen molar-refractivity contribution in [1.29, 1.82) is 0 Å². The van der Waals surface area contributed by atoms with Gasteiger partial charge in [-0.1, -0.05) is 6.42 Å². The van der Waals surface area contributed by atoms with Gasteiger partial charge < -0.3 is 15.8 Å². The van der Waals surface area contributed by atoms with Crippen LogP contribution in [0.25, 0.3) is 0 Å². The zero-order valence-corrected chi connectivity index (χ0v) is 18.1. The third-order valence-electron chi connectivity index (χ3n) is 5.75. The molecule has 3 rings (SSSR count). The van der Waals surface area contributed by atoms with E-state index in [0.717, 1.165) is 19.3 Å². The highest BCUT2D eigenvalue weighted by molar-refractivity contribution is 7.89. The molecule has 1 aromatic carbocycles. The number of amides is 2. The zero-order chi connectivity index (χ0) is 21.7. The van der Waals surface area contributed by atoms with Gasteiger partial charge in [-0.15, -0.1) is 0 Å². The molecule has 2 aliphatic rings. The van der Waals surface area contributed by atoms with Crippen LogP contribution in [0.1, 0.15) is 32.1 Å². The zero-order valence-electron chi connectivity index (χ0n) is 17.3. The van der Waals surface area contributed by atoms with E-state index < -0.39 is 10.0 Å². The van der Waals surface area contributed by atoms with E-state index in [4.69, 9.17) is 10.5 Å². The van der Waals surface area contributed by atoms with Crippen LogP contribution in [0.2, 0.25) is 0 Å². The van der Waals surface area contributed by atoms with Crippen LogP contribution in [-0.4, -0.2) is 69.3 Å². The number of nitrogens with two attached hydrogens (primary N) is 1. The third kappa shape index (κ3) is 5.30. The van der Waals surface area contributed by atoms with E-state index in [0.29, 0.717) is 50.5 Å². The van der Waals surface area contributed by atoms with Gasteiger partial charge in [0.05, 0.1) is 24.2 Å². The number of sulfonamides is 1. The third-order valence-corrected chi connectivity index (χ3v) is 7.65. The summed E-state index contributed by atoms with van der Waals surface area (Å²) in [6, 6.07) is 4.53. The second kappa shape index (κ2) is 9.76. The van der Waals surface area contributed by atoms with Gasteiger partial charge in [0.15, 0.2) is 0 Å². The Labute approximate surface area is 177 Å². The maximum absolute atomic E-state index is 13.0. The SMILES string of the molecule is COc1ccc(S(=O)(=O)N2CCCCC2)cc1NC(=O)CN1CCC(C(N)=O)CC1. The number of ether oxygens (including phenoxy) is 1. The van der Waals surface area contributed by atoms with E-state index in [9.17, 15) is 18.0 Å². The number of methoxy groups -OCH3 is 1. The van der Waals surface area contributed by atoms with Crippen LogP contribution in [0.15, 0.2) is 23.1 Å². The average molecular weight is 439 g/mol. The lowest BCUT2D eigenvalue weighted by atomic mass is 9.96. The molecule has 2 saturated heterocycles. The van der Waals surface area contributed by atoms with Crippen molar-refractivity contribution in [3.05, 3.63) is 18.2 Å². The minimum atomic E-state index is -3.61. The molecule has 2 fully saturated rings. The summed E-state index contributed by atoms with van der Waals surface area (Å²) in [6.45, 7) is 2.40. The van der Waals surface area contributed by atoms with Crippen LogP contribution in [0.3, 0.4) is 0 Å². The molecule has 3 N–H and O–H groups in total. The number of hydrogen-bond donors (Lipinski definition) is 2. The fraction of sp³-hybridized carbons (Fsp3) is 0.600. The molecule has 30 heavy (non-hydrogen) atoms. The lowest BCUT2D eigenvalue weighted by Gasteiger charge is -2.30. The first kappa shape index (κ1) is 22.5. The molecule has 0 aromatic heterocycles. The average Bonchev–Trinajstić information content (AvgIpc) is 2.74. The standard InChI is InChI=1S/C20H30N4O5S/c1-29-18-6-5-16(30(27,28)24-9-3-2-4-10-24)13-17(18)22-19(25)14-23-11-7-15(8-12-23)20(21)26/h5-6,13,15H,2-4,7-12,14H2,1H3,(H2,21,26)(H,22,25). The fourth-order valence-corrected chi connectivity index (χ4v) is 5.51. The minimum Gasteiger partial charge on any atom is -0.495 e. The van der Waals surface area contributed by atoms with Gasteiger partial charge in [0.1, 0.15) is 5.75 Å². The molecular weight excluding hydrogens is 408 g/mol. The van der Waals surface area contributed by atoms with Crippen LogP contribution in [0.4, 0.5) is 5.69 Å². The van der Waals surface area contributed by atoms with E-state index in [1.807, 2.05) is 4.90 Å². The van der Waals surface area contributed by atoms with Crippen molar-refractivity contribution >= 4 is 27.5 Å². The molecule has 0 bridgehead atoms.